The zero-order chi connectivity index (χ0) is 73.1. The summed E-state index contributed by atoms with van der Waals surface area (Å²) in [5.41, 5.74) is 23.3. The van der Waals surface area contributed by atoms with E-state index in [1.807, 2.05) is 122 Å². The van der Waals surface area contributed by atoms with Crippen molar-refractivity contribution in [1.29, 1.82) is 0 Å². The largest absolute Gasteiger partial charge is 0.441 e. The van der Waals surface area contributed by atoms with Gasteiger partial charge in [0.25, 0.3) is 0 Å². The van der Waals surface area contributed by atoms with Gasteiger partial charge in [0, 0.05) is 147 Å². The van der Waals surface area contributed by atoms with Crippen molar-refractivity contribution in [2.24, 2.45) is 0 Å². The number of nitrogens with one attached hydrogen (secondary N) is 8. The lowest BCUT2D eigenvalue weighted by molar-refractivity contribution is 0.605. The molecule has 24 aromatic rings. The molecule has 0 aliphatic carbocycles. The molecule has 522 valence electrons. The van der Waals surface area contributed by atoms with Crippen molar-refractivity contribution in [2.75, 3.05) is 0 Å². The van der Waals surface area contributed by atoms with Gasteiger partial charge in [0.2, 0.25) is 0 Å². The molecule has 28 heteroatoms. The van der Waals surface area contributed by atoms with Crippen molar-refractivity contribution >= 4 is 154 Å². The van der Waals surface area contributed by atoms with E-state index in [9.17, 15) is 4.79 Å². The third kappa shape index (κ3) is 14.0. The predicted octanol–water partition coefficient (Wildman–Crippen LogP) is 15.7. The van der Waals surface area contributed by atoms with Gasteiger partial charge in [0.15, 0.2) is 23.1 Å². The molecule has 0 unspecified atom stereocenters. The van der Waals surface area contributed by atoms with Gasteiger partial charge in [-0.1, -0.05) is 48.5 Å². The Morgan fingerprint density at radius 2 is 0.771 bits per heavy atom. The first kappa shape index (κ1) is 66.1. The number of aromatic amines is 8. The molecule has 109 heavy (non-hydrogen) atoms. The van der Waals surface area contributed by atoms with E-state index in [0.717, 1.165) is 154 Å². The number of benzene rings is 3. The van der Waals surface area contributed by atoms with Crippen LogP contribution in [-0.2, 0) is 0 Å². The summed E-state index contributed by atoms with van der Waals surface area (Å²) in [4.78, 5) is 111. The van der Waals surface area contributed by atoms with Crippen LogP contribution in [-0.4, -0.2) is 130 Å². The van der Waals surface area contributed by atoms with Gasteiger partial charge < -0.3 is 44.3 Å². The first-order valence-electron chi connectivity index (χ1n) is 33.9. The van der Waals surface area contributed by atoms with Crippen molar-refractivity contribution < 1.29 is 4.42 Å². The van der Waals surface area contributed by atoms with Crippen molar-refractivity contribution in [3.8, 4) is 22.4 Å². The summed E-state index contributed by atoms with van der Waals surface area (Å²) in [5.74, 6) is 0. The number of H-pyrrole nitrogens is 8. The Labute approximate surface area is 612 Å². The molecule has 0 aliphatic rings. The van der Waals surface area contributed by atoms with Crippen molar-refractivity contribution in [3.63, 3.8) is 0 Å². The van der Waals surface area contributed by atoms with Crippen LogP contribution in [0.25, 0.3) is 176 Å². The van der Waals surface area contributed by atoms with Gasteiger partial charge in [-0.3, -0.25) is 39.7 Å². The first-order valence-corrected chi connectivity index (χ1v) is 33.9. The molecule has 0 aliphatic heterocycles. The zero-order valence-electron chi connectivity index (χ0n) is 57.1. The van der Waals surface area contributed by atoms with Crippen molar-refractivity contribution in [3.05, 3.63) is 305 Å². The van der Waals surface area contributed by atoms with Crippen LogP contribution in [0, 0.1) is 0 Å². The maximum absolute atomic E-state index is 12.0. The maximum Gasteiger partial charge on any atom is 0.200 e. The second kappa shape index (κ2) is 30.4. The minimum Gasteiger partial charge on any atom is -0.441 e. The molecule has 24 rings (SSSR count). The summed E-state index contributed by atoms with van der Waals surface area (Å²) in [6, 6.07) is 48.2. The van der Waals surface area contributed by atoms with Crippen LogP contribution in [0.3, 0.4) is 0 Å². The quantitative estimate of drug-likeness (QED) is 0.0745. The Kier molecular flexibility index (Phi) is 18.5. The zero-order valence-corrected chi connectivity index (χ0v) is 57.1. The molecule has 0 bridgehead atoms. The number of para-hydroxylation sites is 1. The highest BCUT2D eigenvalue weighted by Crippen LogP contribution is 2.35. The van der Waals surface area contributed by atoms with E-state index < -0.39 is 0 Å². The third-order valence-corrected chi connectivity index (χ3v) is 17.5. The highest BCUT2D eigenvalue weighted by molar-refractivity contribution is 6.08. The molecule has 0 amide bonds. The van der Waals surface area contributed by atoms with Crippen LogP contribution in [0.2, 0.25) is 0 Å². The van der Waals surface area contributed by atoms with Gasteiger partial charge in [-0.05, 0) is 108 Å². The van der Waals surface area contributed by atoms with Gasteiger partial charge >= 0.3 is 0 Å². The summed E-state index contributed by atoms with van der Waals surface area (Å²) in [6.07, 6.45) is 40.7. The fourth-order valence-electron chi connectivity index (χ4n) is 12.5. The molecular weight excluding hydrogens is 1370 g/mol. The van der Waals surface area contributed by atoms with Crippen LogP contribution in [0.5, 0.6) is 0 Å². The van der Waals surface area contributed by atoms with Crippen molar-refractivity contribution in [2.45, 2.75) is 0 Å². The standard InChI is InChI=1S/C22H15N3.C11H7N3O.C10H7N3.C9H6N2O.2C8H5N5.C7H6N2.C6H5N3/c1-2-7-17(19-8-3-4-12-23-19)16(6-1)15-10-11-20-18(14-15)22-21(25-20)9-5-13-24-22;15-11-7-5-12-3-1-9(7)14-10-2-4-13-6-8(10)11;1-3-11-5-7-8-6-12-4-2-10(8)13-9(1)7;1-2-4-7-6(3-1)8-9(11-7)10-5-12-8;1-5-7(11-3-9-1)8-6(13-5)2-10-4-12-8;1-5-6-2-10-4-12-8(6)13-7(5)11-3-9-1;1-2-6-7(8-4-1)3-5-9-6;1-2-8-6-3-7-4-9-5(1)6/h1-14,25H;1-6H,(H,14,15);1-6,13H;1-5,11H;1-4,13H;1-4H,(H,9,10,11,12,13);1-5,9H;1-4,8H. The van der Waals surface area contributed by atoms with Crippen LogP contribution in [0.1, 0.15) is 0 Å². The molecule has 21 aromatic heterocycles. The molecule has 0 saturated heterocycles. The topological polar surface area (TPSA) is 389 Å². The molecule has 28 nitrogen and oxygen atoms in total. The molecule has 0 radical (unpaired) electrons. The van der Waals surface area contributed by atoms with E-state index in [2.05, 4.69) is 178 Å². The van der Waals surface area contributed by atoms with Crippen LogP contribution < -0.4 is 5.43 Å². The molecular formula is C81H56N26O2. The molecule has 0 fully saturated rings. The molecule has 21 heterocycles. The average Bonchev–Trinajstić information content (AvgIpc) is 1.45. The Balaban J connectivity index is 0.0000000930. The SMILES string of the molecule is O=c1c2cnccc2[nH]c2ccncc12.c1cc2[nH]c3ccncc3c2cn1.c1ccc(-c2ccccc2-c2ccc3[nH]c4cccnc4c3c2)nc1.c1ccc2c(c1)[nH]c1ncoc12.c1cnc2cc[nH]c2c1.c1ncc2[nH]c3cncnc3c2n1.c1ncc2[nH]ccc2n1.c1ncc2c(n1)[nH]c1ncncc12. The summed E-state index contributed by atoms with van der Waals surface area (Å²) in [6.45, 7) is 0. The number of pyridine rings is 8. The minimum absolute atomic E-state index is 0.0278. The maximum atomic E-state index is 12.0. The fourth-order valence-corrected chi connectivity index (χ4v) is 12.5. The van der Waals surface area contributed by atoms with Crippen LogP contribution in [0.4, 0.5) is 0 Å². The van der Waals surface area contributed by atoms with E-state index in [-0.39, 0.29) is 5.43 Å². The first-order chi connectivity index (χ1) is 54.0. The lowest BCUT2D eigenvalue weighted by Crippen LogP contribution is -2.04. The summed E-state index contributed by atoms with van der Waals surface area (Å²) < 4.78 is 5.23. The molecule has 0 saturated carbocycles. The summed E-state index contributed by atoms with van der Waals surface area (Å²) >= 11 is 0. The lowest BCUT2D eigenvalue weighted by Gasteiger charge is -2.09. The van der Waals surface area contributed by atoms with Crippen LogP contribution >= 0.6 is 0 Å². The van der Waals surface area contributed by atoms with Crippen LogP contribution in [0.15, 0.2) is 304 Å². The second-order valence-corrected chi connectivity index (χ2v) is 24.1. The van der Waals surface area contributed by atoms with Gasteiger partial charge in [-0.2, -0.15) is 4.98 Å². The molecule has 0 atom stereocenters. The van der Waals surface area contributed by atoms with Crippen molar-refractivity contribution in [1.82, 2.24) is 130 Å². The highest BCUT2D eigenvalue weighted by atomic mass is 16.3. The number of nitrogens with zero attached hydrogens (tertiary/aromatic N) is 18. The Morgan fingerprint density at radius 3 is 1.42 bits per heavy atom. The Morgan fingerprint density at radius 1 is 0.275 bits per heavy atom. The van der Waals surface area contributed by atoms with Gasteiger partial charge in [0.1, 0.15) is 54.0 Å². The van der Waals surface area contributed by atoms with E-state index in [1.54, 1.807) is 86.5 Å². The molecule has 3 aromatic carbocycles. The number of rotatable bonds is 2. The smallest absolute Gasteiger partial charge is 0.200 e. The fraction of sp³-hybridized carbons (Fsp3) is 0. The van der Waals surface area contributed by atoms with Gasteiger partial charge in [0.05, 0.1) is 95.7 Å². The number of fused-ring (bicyclic) bond motifs is 19. The molecule has 8 N–H and O–H groups in total. The Bertz CT molecular complexity index is 6720. The van der Waals surface area contributed by atoms with Gasteiger partial charge in [-0.25, -0.2) is 49.8 Å². The third-order valence-electron chi connectivity index (χ3n) is 17.5. The highest BCUT2D eigenvalue weighted by Gasteiger charge is 2.13. The van der Waals surface area contributed by atoms with E-state index in [0.29, 0.717) is 10.8 Å². The normalized spacial score (nSPS) is 11.0. The Hall–Kier alpha value is -16.1. The number of oxazole rings is 1. The van der Waals surface area contributed by atoms with Gasteiger partial charge in [-0.15, -0.1) is 0 Å². The minimum atomic E-state index is -0.0278. The lowest BCUT2D eigenvalue weighted by atomic mass is 9.96. The number of hydrogen-bond acceptors (Lipinski definition) is 20. The second-order valence-electron chi connectivity index (χ2n) is 24.1. The predicted molar refractivity (Wildman–Crippen MR) is 421 cm³/mol. The van der Waals surface area contributed by atoms with E-state index in [4.69, 9.17) is 4.42 Å². The summed E-state index contributed by atoms with van der Waals surface area (Å²) in [5, 5.41) is 7.59. The van der Waals surface area contributed by atoms with E-state index in [1.165, 1.54) is 49.2 Å². The van der Waals surface area contributed by atoms with E-state index >= 15 is 0 Å². The molecule has 0 spiro atoms. The monoisotopic (exact) mass is 1420 g/mol. The summed E-state index contributed by atoms with van der Waals surface area (Å²) in [7, 11) is 0. The number of aromatic nitrogens is 26. The average molecular weight is 1430 g/mol. The number of hydrogen-bond donors (Lipinski definition) is 8.